The summed E-state index contributed by atoms with van der Waals surface area (Å²) < 4.78 is 1.66. The quantitative estimate of drug-likeness (QED) is 0.428. The molecule has 0 unspecified atom stereocenters. The van der Waals surface area contributed by atoms with Crippen LogP contribution in [0, 0.1) is 0 Å². The summed E-state index contributed by atoms with van der Waals surface area (Å²) in [6.07, 6.45) is 0.816. The highest BCUT2D eigenvalue weighted by Crippen LogP contribution is 2.19. The first-order chi connectivity index (χ1) is 13.5. The molecule has 28 heavy (non-hydrogen) atoms. The Kier molecular flexibility index (Phi) is 6.75. The maximum absolute atomic E-state index is 12.8. The third-order valence-electron chi connectivity index (χ3n) is 4.33. The fraction of sp³-hybridized carbons (Fsp3) is 0.286. The molecule has 0 aliphatic carbocycles. The molecule has 0 radical (unpaired) electrons. The van der Waals surface area contributed by atoms with E-state index in [1.807, 2.05) is 43.3 Å². The average molecular weight is 416 g/mol. The molecule has 0 bridgehead atoms. The summed E-state index contributed by atoms with van der Waals surface area (Å²) in [7, 11) is 1.76. The Morgan fingerprint density at radius 2 is 2.00 bits per heavy atom. The van der Waals surface area contributed by atoms with E-state index in [1.54, 1.807) is 28.6 Å². The summed E-state index contributed by atoms with van der Waals surface area (Å²) in [5.41, 5.74) is 1.57. The number of carbonyl (C=O) groups excluding carboxylic acids is 1. The minimum Gasteiger partial charge on any atom is -0.341 e. The van der Waals surface area contributed by atoms with Crippen LogP contribution in [-0.2, 0) is 17.9 Å². The lowest BCUT2D eigenvalue weighted by molar-refractivity contribution is -0.127. The van der Waals surface area contributed by atoms with Gasteiger partial charge in [-0.2, -0.15) is 0 Å². The molecular formula is C21H22ClN3O2S. The standard InChI is InChI=1S/C21H22ClN3O2S/c1-3-11-25-20(27)17-9-4-5-10-18(17)23-21(25)28-14-19(26)24(2)13-15-7-6-8-16(22)12-15/h4-10,12H,3,11,13-14H2,1-2H3. The second kappa shape index (κ2) is 9.26. The monoisotopic (exact) mass is 415 g/mol. The van der Waals surface area contributed by atoms with E-state index in [2.05, 4.69) is 4.98 Å². The van der Waals surface area contributed by atoms with Crippen LogP contribution in [0.15, 0.2) is 58.5 Å². The zero-order chi connectivity index (χ0) is 20.1. The van der Waals surface area contributed by atoms with Crippen LogP contribution in [0.5, 0.6) is 0 Å². The number of rotatable bonds is 7. The zero-order valence-electron chi connectivity index (χ0n) is 15.9. The van der Waals surface area contributed by atoms with Crippen molar-refractivity contribution in [3.05, 3.63) is 69.5 Å². The molecule has 1 aromatic heterocycles. The zero-order valence-corrected chi connectivity index (χ0v) is 17.5. The van der Waals surface area contributed by atoms with Crippen LogP contribution in [-0.4, -0.2) is 33.2 Å². The number of benzene rings is 2. The molecule has 0 aliphatic heterocycles. The first kappa shape index (κ1) is 20.4. The highest BCUT2D eigenvalue weighted by atomic mass is 35.5. The Morgan fingerprint density at radius 1 is 1.21 bits per heavy atom. The van der Waals surface area contributed by atoms with Crippen LogP contribution < -0.4 is 5.56 Å². The molecule has 3 rings (SSSR count). The summed E-state index contributed by atoms with van der Waals surface area (Å²) in [6.45, 7) is 3.07. The topological polar surface area (TPSA) is 55.2 Å². The van der Waals surface area contributed by atoms with E-state index >= 15 is 0 Å². The number of para-hydroxylation sites is 1. The van der Waals surface area contributed by atoms with Gasteiger partial charge >= 0.3 is 0 Å². The van der Waals surface area contributed by atoms with Crippen LogP contribution in [0.25, 0.3) is 10.9 Å². The third-order valence-corrected chi connectivity index (χ3v) is 5.53. The molecule has 0 N–H and O–H groups in total. The molecule has 0 aliphatic rings. The van der Waals surface area contributed by atoms with Crippen molar-refractivity contribution in [3.8, 4) is 0 Å². The fourth-order valence-corrected chi connectivity index (χ4v) is 4.09. The summed E-state index contributed by atoms with van der Waals surface area (Å²) in [6, 6.07) is 14.8. The van der Waals surface area contributed by atoms with Crippen LogP contribution in [0.1, 0.15) is 18.9 Å². The molecular weight excluding hydrogens is 394 g/mol. The highest BCUT2D eigenvalue weighted by Gasteiger charge is 2.15. The number of halogens is 1. The van der Waals surface area contributed by atoms with Crippen molar-refractivity contribution >= 4 is 40.2 Å². The predicted molar refractivity (Wildman–Crippen MR) is 115 cm³/mol. The van der Waals surface area contributed by atoms with Gasteiger partial charge in [-0.3, -0.25) is 14.2 Å². The van der Waals surface area contributed by atoms with E-state index in [9.17, 15) is 9.59 Å². The van der Waals surface area contributed by atoms with Crippen LogP contribution in [0.2, 0.25) is 5.02 Å². The van der Waals surface area contributed by atoms with E-state index in [-0.39, 0.29) is 17.2 Å². The van der Waals surface area contributed by atoms with Gasteiger partial charge in [-0.05, 0) is 36.2 Å². The number of fused-ring (bicyclic) bond motifs is 1. The second-order valence-electron chi connectivity index (χ2n) is 6.54. The molecule has 3 aromatic rings. The van der Waals surface area contributed by atoms with E-state index in [0.717, 1.165) is 12.0 Å². The Balaban J connectivity index is 1.75. The Bertz CT molecular complexity index is 1050. The van der Waals surface area contributed by atoms with E-state index in [1.165, 1.54) is 11.8 Å². The van der Waals surface area contributed by atoms with Gasteiger partial charge in [-0.25, -0.2) is 4.98 Å². The van der Waals surface area contributed by atoms with Crippen molar-refractivity contribution in [1.82, 2.24) is 14.5 Å². The van der Waals surface area contributed by atoms with Gasteiger partial charge in [0.15, 0.2) is 5.16 Å². The van der Waals surface area contributed by atoms with Crippen LogP contribution in [0.3, 0.4) is 0 Å². The van der Waals surface area contributed by atoms with Crippen LogP contribution in [0.4, 0.5) is 0 Å². The molecule has 0 atom stereocenters. The van der Waals surface area contributed by atoms with E-state index in [0.29, 0.717) is 34.2 Å². The number of hydrogen-bond donors (Lipinski definition) is 0. The van der Waals surface area contributed by atoms with E-state index < -0.39 is 0 Å². The van der Waals surface area contributed by atoms with Gasteiger partial charge in [0.05, 0.1) is 16.7 Å². The SMILES string of the molecule is CCCn1c(SCC(=O)N(C)Cc2cccc(Cl)c2)nc2ccccc2c1=O. The van der Waals surface area contributed by atoms with Crippen molar-refractivity contribution in [2.24, 2.45) is 0 Å². The van der Waals surface area contributed by atoms with Gasteiger partial charge < -0.3 is 4.90 Å². The van der Waals surface area contributed by atoms with Crippen molar-refractivity contribution in [3.63, 3.8) is 0 Å². The lowest BCUT2D eigenvalue weighted by Gasteiger charge is -2.18. The Morgan fingerprint density at radius 3 is 2.75 bits per heavy atom. The smallest absolute Gasteiger partial charge is 0.262 e. The fourth-order valence-electron chi connectivity index (χ4n) is 2.91. The van der Waals surface area contributed by atoms with Crippen molar-refractivity contribution in [2.75, 3.05) is 12.8 Å². The maximum atomic E-state index is 12.8. The number of thioether (sulfide) groups is 1. The summed E-state index contributed by atoms with van der Waals surface area (Å²) >= 11 is 7.31. The molecule has 1 amide bonds. The molecule has 7 heteroatoms. The van der Waals surface area contributed by atoms with Gasteiger partial charge in [-0.1, -0.05) is 54.6 Å². The van der Waals surface area contributed by atoms with Crippen molar-refractivity contribution in [2.45, 2.75) is 31.6 Å². The van der Waals surface area contributed by atoms with Gasteiger partial charge in [0.25, 0.3) is 5.56 Å². The predicted octanol–water partition coefficient (Wildman–Crippen LogP) is 4.21. The molecule has 0 fully saturated rings. The number of carbonyl (C=O) groups is 1. The molecule has 146 valence electrons. The maximum Gasteiger partial charge on any atom is 0.262 e. The minimum atomic E-state index is -0.0605. The molecule has 1 heterocycles. The molecule has 0 spiro atoms. The lowest BCUT2D eigenvalue weighted by Crippen LogP contribution is -2.29. The summed E-state index contributed by atoms with van der Waals surface area (Å²) in [4.78, 5) is 31.6. The third kappa shape index (κ3) is 4.75. The average Bonchev–Trinajstić information content (AvgIpc) is 2.68. The van der Waals surface area contributed by atoms with Crippen molar-refractivity contribution in [1.29, 1.82) is 0 Å². The van der Waals surface area contributed by atoms with Gasteiger partial charge in [0, 0.05) is 25.2 Å². The first-order valence-corrected chi connectivity index (χ1v) is 10.5. The molecule has 2 aromatic carbocycles. The van der Waals surface area contributed by atoms with Crippen molar-refractivity contribution < 1.29 is 4.79 Å². The van der Waals surface area contributed by atoms with Crippen LogP contribution >= 0.6 is 23.4 Å². The minimum absolute atomic E-state index is 0.0320. The largest absolute Gasteiger partial charge is 0.341 e. The molecule has 5 nitrogen and oxygen atoms in total. The number of hydrogen-bond acceptors (Lipinski definition) is 4. The van der Waals surface area contributed by atoms with E-state index in [4.69, 9.17) is 11.6 Å². The Hall–Kier alpha value is -2.31. The number of nitrogens with zero attached hydrogens (tertiary/aromatic N) is 3. The molecule has 0 saturated carbocycles. The van der Waals surface area contributed by atoms with Gasteiger partial charge in [0.2, 0.25) is 5.91 Å². The number of amides is 1. The summed E-state index contributed by atoms with van der Waals surface area (Å²) in [5.74, 6) is 0.182. The Labute approximate surface area is 173 Å². The first-order valence-electron chi connectivity index (χ1n) is 9.10. The van der Waals surface area contributed by atoms with Gasteiger partial charge in [-0.15, -0.1) is 0 Å². The highest BCUT2D eigenvalue weighted by molar-refractivity contribution is 7.99. The van der Waals surface area contributed by atoms with Gasteiger partial charge in [0.1, 0.15) is 0 Å². The number of aromatic nitrogens is 2. The summed E-state index contributed by atoms with van der Waals surface area (Å²) in [5, 5.41) is 1.83. The second-order valence-corrected chi connectivity index (χ2v) is 7.92. The molecule has 0 saturated heterocycles. The normalized spacial score (nSPS) is 11.0. The lowest BCUT2D eigenvalue weighted by atomic mass is 10.2.